The Kier molecular flexibility index (Phi) is 3.17. The summed E-state index contributed by atoms with van der Waals surface area (Å²) in [6.45, 7) is 8.44. The highest BCUT2D eigenvalue weighted by Gasteiger charge is 2.60. The van der Waals surface area contributed by atoms with Gasteiger partial charge in [0.25, 0.3) is 0 Å². The molecule has 4 saturated carbocycles. The predicted octanol–water partition coefficient (Wildman–Crippen LogP) is 5.60. The summed E-state index contributed by atoms with van der Waals surface area (Å²) >= 11 is 0. The fourth-order valence-electron chi connectivity index (χ4n) is 7.94. The second kappa shape index (κ2) is 4.87. The maximum atomic E-state index is 5.94. The second-order valence-electron chi connectivity index (χ2n) is 9.94. The van der Waals surface area contributed by atoms with Crippen molar-refractivity contribution >= 4 is 0 Å². The Labute approximate surface area is 142 Å². The summed E-state index contributed by atoms with van der Waals surface area (Å²) in [5, 5.41) is 0. The van der Waals surface area contributed by atoms with Gasteiger partial charge in [-0.15, -0.1) is 0 Å². The molecule has 0 N–H and O–H groups in total. The first kappa shape index (κ1) is 15.0. The molecule has 0 bridgehead atoms. The van der Waals surface area contributed by atoms with E-state index in [0.29, 0.717) is 11.0 Å². The van der Waals surface area contributed by atoms with E-state index in [1.807, 2.05) is 0 Å². The molecule has 23 heavy (non-hydrogen) atoms. The number of rotatable bonds is 0. The van der Waals surface area contributed by atoms with Gasteiger partial charge in [-0.2, -0.15) is 0 Å². The Bertz CT molecular complexity index is 530. The fourth-order valence-corrected chi connectivity index (χ4v) is 7.94. The molecule has 1 aliphatic heterocycles. The highest BCUT2D eigenvalue weighted by molar-refractivity contribution is 5.23. The van der Waals surface area contributed by atoms with Crippen LogP contribution >= 0.6 is 0 Å². The minimum Gasteiger partial charge on any atom is -0.369 e. The number of hydrogen-bond acceptors (Lipinski definition) is 1. The Hall–Kier alpha value is -0.300. The lowest BCUT2D eigenvalue weighted by molar-refractivity contribution is -0.0647. The first-order chi connectivity index (χ1) is 11.1. The Morgan fingerprint density at radius 1 is 1.09 bits per heavy atom. The van der Waals surface area contributed by atoms with Crippen molar-refractivity contribution in [3.8, 4) is 0 Å². The summed E-state index contributed by atoms with van der Waals surface area (Å²) in [6, 6.07) is 0. The molecule has 0 amide bonds. The molecule has 8 atom stereocenters. The maximum Gasteiger partial charge on any atom is 0.0944 e. The van der Waals surface area contributed by atoms with Gasteiger partial charge < -0.3 is 4.74 Å². The minimum absolute atomic E-state index is 0.336. The van der Waals surface area contributed by atoms with E-state index in [2.05, 4.69) is 26.8 Å². The summed E-state index contributed by atoms with van der Waals surface area (Å²) in [7, 11) is 0. The average Bonchev–Trinajstić information content (AvgIpc) is 3.22. The van der Waals surface area contributed by atoms with E-state index in [1.165, 1.54) is 51.4 Å². The van der Waals surface area contributed by atoms with Crippen LogP contribution in [0.1, 0.15) is 72.1 Å². The zero-order valence-electron chi connectivity index (χ0n) is 15.3. The van der Waals surface area contributed by atoms with Crippen molar-refractivity contribution in [3.05, 3.63) is 11.6 Å². The van der Waals surface area contributed by atoms with Gasteiger partial charge in [-0.25, -0.2) is 0 Å². The Morgan fingerprint density at radius 2 is 1.91 bits per heavy atom. The van der Waals surface area contributed by atoms with E-state index in [-0.39, 0.29) is 0 Å². The molecule has 0 aromatic carbocycles. The molecular formula is C22H34O. The van der Waals surface area contributed by atoms with E-state index < -0.39 is 0 Å². The quantitative estimate of drug-likeness (QED) is 0.419. The summed E-state index contributed by atoms with van der Waals surface area (Å²) in [6.07, 6.45) is 14.2. The van der Waals surface area contributed by atoms with Crippen LogP contribution in [0.3, 0.4) is 0 Å². The topological polar surface area (TPSA) is 12.5 Å². The highest BCUT2D eigenvalue weighted by Crippen LogP contribution is 2.65. The van der Waals surface area contributed by atoms with E-state index in [0.717, 1.165) is 42.1 Å². The fraction of sp³-hybridized carbons (Fsp3) is 0.909. The molecule has 1 heteroatoms. The summed E-state index contributed by atoms with van der Waals surface area (Å²) in [4.78, 5) is 0. The average molecular weight is 315 g/mol. The molecule has 1 nitrogen and oxygen atoms in total. The van der Waals surface area contributed by atoms with Crippen molar-refractivity contribution < 1.29 is 4.74 Å². The SMILES string of the molecule is CC=C1CC[C@H]2[C@@H]3CC[C@H]4C[C@@]5(CO5)[C@@H](C)C[C@@H]4[C@H]3CC[C@]12C. The van der Waals surface area contributed by atoms with E-state index in [9.17, 15) is 0 Å². The number of epoxide rings is 1. The van der Waals surface area contributed by atoms with Crippen molar-refractivity contribution in [1.29, 1.82) is 0 Å². The normalized spacial score (nSPS) is 59.5. The summed E-state index contributed by atoms with van der Waals surface area (Å²) in [5.41, 5.74) is 2.69. The molecule has 5 fully saturated rings. The molecule has 0 aromatic heterocycles. The summed E-state index contributed by atoms with van der Waals surface area (Å²) < 4.78 is 5.94. The van der Waals surface area contributed by atoms with Crippen LogP contribution in [0.15, 0.2) is 11.6 Å². The van der Waals surface area contributed by atoms with Gasteiger partial charge >= 0.3 is 0 Å². The largest absolute Gasteiger partial charge is 0.369 e. The van der Waals surface area contributed by atoms with Gasteiger partial charge in [0.1, 0.15) is 0 Å². The van der Waals surface area contributed by atoms with E-state index in [1.54, 1.807) is 5.57 Å². The van der Waals surface area contributed by atoms with E-state index >= 15 is 0 Å². The van der Waals surface area contributed by atoms with Gasteiger partial charge in [0, 0.05) is 0 Å². The zero-order chi connectivity index (χ0) is 15.8. The monoisotopic (exact) mass is 314 g/mol. The molecule has 1 saturated heterocycles. The smallest absolute Gasteiger partial charge is 0.0944 e. The third-order valence-corrected chi connectivity index (χ3v) is 9.36. The third kappa shape index (κ3) is 1.95. The Morgan fingerprint density at radius 3 is 2.65 bits per heavy atom. The van der Waals surface area contributed by atoms with Crippen LogP contribution in [-0.4, -0.2) is 12.2 Å². The van der Waals surface area contributed by atoms with Gasteiger partial charge in [-0.1, -0.05) is 25.5 Å². The molecule has 1 spiro atoms. The molecule has 0 aromatic rings. The van der Waals surface area contributed by atoms with Crippen LogP contribution in [0.5, 0.6) is 0 Å². The van der Waals surface area contributed by atoms with Gasteiger partial charge in [-0.05, 0) is 99.2 Å². The molecule has 5 aliphatic rings. The number of hydrogen-bond donors (Lipinski definition) is 0. The molecule has 5 rings (SSSR count). The van der Waals surface area contributed by atoms with Crippen LogP contribution < -0.4 is 0 Å². The van der Waals surface area contributed by atoms with Crippen LogP contribution in [0.2, 0.25) is 0 Å². The molecule has 128 valence electrons. The van der Waals surface area contributed by atoms with Crippen LogP contribution in [0.4, 0.5) is 0 Å². The van der Waals surface area contributed by atoms with Crippen molar-refractivity contribution in [2.24, 2.45) is 40.9 Å². The molecule has 0 radical (unpaired) electrons. The van der Waals surface area contributed by atoms with Crippen molar-refractivity contribution in [3.63, 3.8) is 0 Å². The second-order valence-corrected chi connectivity index (χ2v) is 9.94. The maximum absolute atomic E-state index is 5.94. The number of allylic oxidation sites excluding steroid dienone is 2. The van der Waals surface area contributed by atoms with Crippen molar-refractivity contribution in [2.45, 2.75) is 77.7 Å². The highest BCUT2D eigenvalue weighted by atomic mass is 16.6. The first-order valence-electron chi connectivity index (χ1n) is 10.4. The van der Waals surface area contributed by atoms with Gasteiger partial charge in [0.15, 0.2) is 0 Å². The van der Waals surface area contributed by atoms with E-state index in [4.69, 9.17) is 4.74 Å². The lowest BCUT2D eigenvalue weighted by Gasteiger charge is -2.56. The molecule has 0 unspecified atom stereocenters. The number of fused-ring (bicyclic) bond motifs is 5. The van der Waals surface area contributed by atoms with Gasteiger partial charge in [-0.3, -0.25) is 0 Å². The molecule has 1 heterocycles. The van der Waals surface area contributed by atoms with Crippen LogP contribution in [0, 0.1) is 40.9 Å². The van der Waals surface area contributed by atoms with Crippen molar-refractivity contribution in [2.75, 3.05) is 6.61 Å². The minimum atomic E-state index is 0.336. The molecular weight excluding hydrogens is 280 g/mol. The zero-order valence-corrected chi connectivity index (χ0v) is 15.3. The van der Waals surface area contributed by atoms with Crippen LogP contribution in [0.25, 0.3) is 0 Å². The number of ether oxygens (including phenoxy) is 1. The lowest BCUT2D eigenvalue weighted by atomic mass is 9.49. The first-order valence-corrected chi connectivity index (χ1v) is 10.4. The Balaban J connectivity index is 1.41. The van der Waals surface area contributed by atoms with Gasteiger partial charge in [0.05, 0.1) is 12.2 Å². The standard InChI is InChI=1S/C22H34O/c1-4-16-6-8-20-18-7-5-15-12-22(13-23-22)14(2)11-19(15)17(18)9-10-21(16,20)3/h4,14-15,17-20H,5-13H2,1-3H3/t14-,15-,17-,18+,19-,20-,21+,22+/m0/s1. The lowest BCUT2D eigenvalue weighted by Crippen LogP contribution is -2.50. The van der Waals surface area contributed by atoms with Crippen molar-refractivity contribution in [1.82, 2.24) is 0 Å². The van der Waals surface area contributed by atoms with Gasteiger partial charge in [0.2, 0.25) is 0 Å². The summed E-state index contributed by atoms with van der Waals surface area (Å²) in [5.74, 6) is 5.90. The molecule has 4 aliphatic carbocycles. The predicted molar refractivity (Wildman–Crippen MR) is 94.1 cm³/mol. The third-order valence-electron chi connectivity index (χ3n) is 9.36. The van der Waals surface area contributed by atoms with Crippen LogP contribution in [-0.2, 0) is 4.74 Å².